The lowest BCUT2D eigenvalue weighted by atomic mass is 9.92. The molecular formula is C18H26N4O2. The highest BCUT2D eigenvalue weighted by molar-refractivity contribution is 5.92. The topological polar surface area (TPSA) is 75.2 Å². The number of nitrogens with zero attached hydrogens (tertiary/aromatic N) is 3. The van der Waals surface area contributed by atoms with Crippen LogP contribution in [0.15, 0.2) is 12.1 Å². The molecule has 1 aromatic heterocycles. The van der Waals surface area contributed by atoms with E-state index in [0.29, 0.717) is 12.4 Å². The van der Waals surface area contributed by atoms with Gasteiger partial charge in [-0.2, -0.15) is 5.10 Å². The Bertz CT molecular complexity index is 617. The molecule has 6 nitrogen and oxygen atoms in total. The summed E-state index contributed by atoms with van der Waals surface area (Å²) in [6.45, 7) is 7.52. The van der Waals surface area contributed by atoms with Gasteiger partial charge in [-0.25, -0.2) is 0 Å². The van der Waals surface area contributed by atoms with Gasteiger partial charge in [0.2, 0.25) is 11.8 Å². The molecule has 2 heterocycles. The summed E-state index contributed by atoms with van der Waals surface area (Å²) in [6.07, 6.45) is 3.70. The van der Waals surface area contributed by atoms with Gasteiger partial charge >= 0.3 is 0 Å². The normalized spacial score (nSPS) is 21.5. The molecule has 2 fully saturated rings. The molecule has 1 N–H and O–H groups in total. The predicted molar refractivity (Wildman–Crippen MR) is 91.4 cm³/mol. The van der Waals surface area contributed by atoms with Crippen molar-refractivity contribution in [1.82, 2.24) is 15.1 Å². The molecule has 2 amide bonds. The number of rotatable bonds is 3. The van der Waals surface area contributed by atoms with Crippen LogP contribution in [0.25, 0.3) is 0 Å². The van der Waals surface area contributed by atoms with Gasteiger partial charge in [0.15, 0.2) is 5.82 Å². The fraction of sp³-hybridized carbons (Fsp3) is 0.667. The number of nitrogens with one attached hydrogen (secondary N) is 1. The minimum atomic E-state index is -0.162. The van der Waals surface area contributed by atoms with Gasteiger partial charge in [-0.05, 0) is 37.8 Å². The van der Waals surface area contributed by atoms with Crippen LogP contribution in [0.4, 0.5) is 5.82 Å². The Balaban J connectivity index is 1.58. The molecule has 3 rings (SSSR count). The summed E-state index contributed by atoms with van der Waals surface area (Å²) in [6, 6.07) is 3.69. The van der Waals surface area contributed by atoms with Gasteiger partial charge in [0.25, 0.3) is 0 Å². The smallest absolute Gasteiger partial charge is 0.230 e. The third kappa shape index (κ3) is 3.91. The molecule has 0 unspecified atom stereocenters. The maximum Gasteiger partial charge on any atom is 0.230 e. The molecule has 0 radical (unpaired) electrons. The third-order valence-corrected chi connectivity index (χ3v) is 4.71. The molecular weight excluding hydrogens is 304 g/mol. The summed E-state index contributed by atoms with van der Waals surface area (Å²) < 4.78 is 0. The first-order chi connectivity index (χ1) is 11.3. The van der Waals surface area contributed by atoms with Crippen molar-refractivity contribution in [2.45, 2.75) is 51.9 Å². The Morgan fingerprint density at radius 3 is 2.46 bits per heavy atom. The number of likely N-dealkylation sites (tertiary alicyclic amines) is 1. The van der Waals surface area contributed by atoms with E-state index in [4.69, 9.17) is 0 Å². The summed E-state index contributed by atoms with van der Waals surface area (Å²) in [5.41, 5.74) is 0.821. The van der Waals surface area contributed by atoms with Crippen molar-refractivity contribution >= 4 is 17.6 Å². The number of amides is 2. The third-order valence-electron chi connectivity index (χ3n) is 4.71. The van der Waals surface area contributed by atoms with E-state index < -0.39 is 0 Å². The first-order valence-corrected chi connectivity index (χ1v) is 8.78. The highest BCUT2D eigenvalue weighted by atomic mass is 16.2. The van der Waals surface area contributed by atoms with E-state index in [-0.39, 0.29) is 29.1 Å². The van der Waals surface area contributed by atoms with Gasteiger partial charge in [-0.15, -0.1) is 5.10 Å². The van der Waals surface area contributed by atoms with Gasteiger partial charge in [0.05, 0.1) is 11.6 Å². The lowest BCUT2D eigenvalue weighted by Gasteiger charge is -2.32. The second-order valence-corrected chi connectivity index (χ2v) is 7.94. The van der Waals surface area contributed by atoms with Gasteiger partial charge < -0.3 is 10.2 Å². The van der Waals surface area contributed by atoms with Crippen LogP contribution in [0.2, 0.25) is 0 Å². The quantitative estimate of drug-likeness (QED) is 0.923. The van der Waals surface area contributed by atoms with Crippen molar-refractivity contribution in [3.05, 3.63) is 17.8 Å². The van der Waals surface area contributed by atoms with Crippen molar-refractivity contribution in [3.63, 3.8) is 0 Å². The number of hydrogen-bond acceptors (Lipinski definition) is 4. The van der Waals surface area contributed by atoms with Crippen LogP contribution in [-0.2, 0) is 15.0 Å². The molecule has 1 saturated carbocycles. The van der Waals surface area contributed by atoms with Crippen LogP contribution >= 0.6 is 0 Å². The summed E-state index contributed by atoms with van der Waals surface area (Å²) in [5, 5.41) is 11.1. The number of carbonyl (C=O) groups is 2. The summed E-state index contributed by atoms with van der Waals surface area (Å²) in [7, 11) is 0. The Kier molecular flexibility index (Phi) is 4.56. The molecule has 1 atom stereocenters. The molecule has 0 spiro atoms. The number of hydrogen-bond donors (Lipinski definition) is 1. The van der Waals surface area contributed by atoms with Crippen LogP contribution in [0, 0.1) is 11.8 Å². The van der Waals surface area contributed by atoms with Gasteiger partial charge in [0.1, 0.15) is 0 Å². The van der Waals surface area contributed by atoms with Crippen LogP contribution in [0.3, 0.4) is 0 Å². The maximum absolute atomic E-state index is 12.5. The fourth-order valence-electron chi connectivity index (χ4n) is 3.01. The Morgan fingerprint density at radius 2 is 1.88 bits per heavy atom. The monoisotopic (exact) mass is 330 g/mol. The summed E-state index contributed by atoms with van der Waals surface area (Å²) in [5.74, 6) is 0.676. The largest absolute Gasteiger partial charge is 0.342 e. The highest BCUT2D eigenvalue weighted by Crippen LogP contribution is 2.32. The van der Waals surface area contributed by atoms with Crippen molar-refractivity contribution in [2.24, 2.45) is 11.8 Å². The van der Waals surface area contributed by atoms with Gasteiger partial charge in [0, 0.05) is 24.4 Å². The first kappa shape index (κ1) is 16.9. The summed E-state index contributed by atoms with van der Waals surface area (Å²) >= 11 is 0. The minimum absolute atomic E-state index is 0.0669. The molecule has 24 heavy (non-hydrogen) atoms. The van der Waals surface area contributed by atoms with E-state index in [9.17, 15) is 9.59 Å². The van der Waals surface area contributed by atoms with Crippen LogP contribution < -0.4 is 5.32 Å². The van der Waals surface area contributed by atoms with E-state index in [2.05, 4.69) is 36.3 Å². The van der Waals surface area contributed by atoms with Crippen molar-refractivity contribution in [2.75, 3.05) is 18.4 Å². The number of piperidine rings is 1. The van der Waals surface area contributed by atoms with Crippen LogP contribution in [-0.4, -0.2) is 40.0 Å². The van der Waals surface area contributed by atoms with Crippen LogP contribution in [0.1, 0.15) is 52.1 Å². The molecule has 1 saturated heterocycles. The Hall–Kier alpha value is -1.98. The number of carbonyl (C=O) groups excluding carboxylic acids is 2. The van der Waals surface area contributed by atoms with Crippen LogP contribution in [0.5, 0.6) is 0 Å². The molecule has 1 aliphatic heterocycles. The molecule has 1 aromatic rings. The van der Waals surface area contributed by atoms with Crippen molar-refractivity contribution < 1.29 is 9.59 Å². The zero-order valence-corrected chi connectivity index (χ0v) is 14.7. The molecule has 0 aromatic carbocycles. The second kappa shape index (κ2) is 6.49. The van der Waals surface area contributed by atoms with Gasteiger partial charge in [-0.1, -0.05) is 20.8 Å². The minimum Gasteiger partial charge on any atom is -0.342 e. The predicted octanol–water partition coefficient (Wildman–Crippen LogP) is 2.36. The average Bonchev–Trinajstić information content (AvgIpc) is 3.39. The maximum atomic E-state index is 12.5. The standard InChI is InChI=1S/C18H26N4O2/c1-18(2,3)14-8-9-15(21-20-14)19-16(23)13-5-4-10-22(11-13)17(24)12-6-7-12/h8-9,12-13H,4-7,10-11H2,1-3H3,(H,19,21,23)/t13-/m0/s1. The Morgan fingerprint density at radius 1 is 1.12 bits per heavy atom. The first-order valence-electron chi connectivity index (χ1n) is 8.78. The molecule has 130 valence electrons. The molecule has 6 heteroatoms. The average molecular weight is 330 g/mol. The SMILES string of the molecule is CC(C)(C)c1ccc(NC(=O)[C@H]2CCCN(C(=O)C3CC3)C2)nn1. The number of anilines is 1. The molecule has 2 aliphatic rings. The van der Waals surface area contributed by atoms with Gasteiger partial charge in [-0.3, -0.25) is 9.59 Å². The number of aromatic nitrogens is 2. The van der Waals surface area contributed by atoms with E-state index >= 15 is 0 Å². The van der Waals surface area contributed by atoms with E-state index in [1.807, 2.05) is 11.0 Å². The second-order valence-electron chi connectivity index (χ2n) is 7.94. The van der Waals surface area contributed by atoms with Crippen molar-refractivity contribution in [3.8, 4) is 0 Å². The van der Waals surface area contributed by atoms with Crippen molar-refractivity contribution in [1.29, 1.82) is 0 Å². The Labute approximate surface area is 143 Å². The zero-order valence-electron chi connectivity index (χ0n) is 14.7. The zero-order chi connectivity index (χ0) is 17.3. The van der Waals surface area contributed by atoms with E-state index in [1.165, 1.54) is 0 Å². The molecule has 0 bridgehead atoms. The van der Waals surface area contributed by atoms with E-state index in [1.54, 1.807) is 6.07 Å². The van der Waals surface area contributed by atoms with E-state index in [0.717, 1.165) is 37.9 Å². The molecule has 1 aliphatic carbocycles. The lowest BCUT2D eigenvalue weighted by Crippen LogP contribution is -2.44. The fourth-order valence-corrected chi connectivity index (χ4v) is 3.01. The highest BCUT2D eigenvalue weighted by Gasteiger charge is 2.36. The lowest BCUT2D eigenvalue weighted by molar-refractivity contribution is -0.135. The summed E-state index contributed by atoms with van der Waals surface area (Å²) in [4.78, 5) is 26.5.